The summed E-state index contributed by atoms with van der Waals surface area (Å²) in [6.07, 6.45) is 0. The predicted octanol–water partition coefficient (Wildman–Crippen LogP) is 10.4. The van der Waals surface area contributed by atoms with Crippen molar-refractivity contribution < 1.29 is 18.0 Å². The molecule has 0 heterocycles. The number of benzene rings is 2. The third kappa shape index (κ3) is 8.39. The first-order valence-corrected chi connectivity index (χ1v) is 22.6. The zero-order chi connectivity index (χ0) is 29.4. The molecule has 2 aromatic carbocycles. The molecule has 0 saturated heterocycles. The minimum absolute atomic E-state index is 0.105. The van der Waals surface area contributed by atoms with Crippen LogP contribution in [0.4, 0.5) is 0 Å². The molecule has 0 radical (unpaired) electrons. The molecule has 0 N–H and O–H groups in total. The Morgan fingerprint density at radius 1 is 0.474 bits per heavy atom. The molecule has 2 rings (SSSR count). The van der Waals surface area contributed by atoms with Crippen LogP contribution in [0.25, 0.3) is 0 Å². The Hall–Kier alpha value is -1.71. The van der Waals surface area contributed by atoms with Gasteiger partial charge in [-0.2, -0.15) is 0 Å². The minimum atomic E-state index is -2.01. The lowest BCUT2D eigenvalue weighted by Crippen LogP contribution is -2.44. The van der Waals surface area contributed by atoms with Gasteiger partial charge in [0.2, 0.25) is 25.0 Å². The van der Waals surface area contributed by atoms with Crippen molar-refractivity contribution in [3.05, 3.63) is 48.0 Å². The van der Waals surface area contributed by atoms with Gasteiger partial charge in [0.1, 0.15) is 29.6 Å². The van der Waals surface area contributed by atoms with E-state index in [9.17, 15) is 0 Å². The smallest absolute Gasteiger partial charge is 0.250 e. The van der Waals surface area contributed by atoms with Gasteiger partial charge in [-0.3, -0.25) is 0 Å². The van der Waals surface area contributed by atoms with Crippen molar-refractivity contribution in [3.8, 4) is 23.0 Å². The lowest BCUT2D eigenvalue weighted by Gasteiger charge is -2.38. The molecule has 2 aromatic rings. The van der Waals surface area contributed by atoms with Crippen LogP contribution in [0.2, 0.25) is 54.4 Å². The third-order valence-electron chi connectivity index (χ3n) is 8.71. The van der Waals surface area contributed by atoms with Crippen LogP contribution < -0.4 is 18.0 Å². The van der Waals surface area contributed by atoms with Crippen LogP contribution in [0, 0.1) is 0 Å². The number of hydrogen-bond acceptors (Lipinski definition) is 4. The van der Waals surface area contributed by atoms with Gasteiger partial charge < -0.3 is 18.0 Å². The van der Waals surface area contributed by atoms with E-state index in [2.05, 4.69) is 120 Å². The molecule has 38 heavy (non-hydrogen) atoms. The Morgan fingerprint density at radius 3 is 1.13 bits per heavy atom. The average molecular weight is 575 g/mol. The molecule has 214 valence electrons. The molecule has 0 unspecified atom stereocenters. The highest BCUT2D eigenvalue weighted by atomic mass is 28.4. The molecule has 0 atom stereocenters. The van der Waals surface area contributed by atoms with Crippen molar-refractivity contribution in [3.63, 3.8) is 0 Å². The van der Waals surface area contributed by atoms with Gasteiger partial charge in [0, 0.05) is 6.07 Å². The van der Waals surface area contributed by atoms with Gasteiger partial charge in [-0.05, 0) is 96.4 Å². The zero-order valence-corrected chi connectivity index (χ0v) is 29.9. The van der Waals surface area contributed by atoms with Gasteiger partial charge in [-0.15, -0.1) is 0 Å². The van der Waals surface area contributed by atoms with E-state index in [-0.39, 0.29) is 15.1 Å². The Balaban J connectivity index is 2.28. The maximum absolute atomic E-state index is 6.70. The topological polar surface area (TPSA) is 36.9 Å². The van der Waals surface area contributed by atoms with Gasteiger partial charge in [-0.25, -0.2) is 0 Å². The molecule has 0 saturated carbocycles. The summed E-state index contributed by atoms with van der Waals surface area (Å²) in [5, 5.41) is 0.367. The lowest BCUT2D eigenvalue weighted by molar-refractivity contribution is 0.305. The maximum atomic E-state index is 6.70. The second-order valence-electron chi connectivity index (χ2n) is 15.2. The van der Waals surface area contributed by atoms with Crippen molar-refractivity contribution in [2.75, 3.05) is 0 Å². The van der Waals surface area contributed by atoms with Crippen molar-refractivity contribution in [2.24, 2.45) is 0 Å². The second kappa shape index (κ2) is 11.0. The van der Waals surface area contributed by atoms with Crippen LogP contribution in [0.15, 0.2) is 42.5 Å². The highest BCUT2D eigenvalue weighted by Gasteiger charge is 2.41. The summed E-state index contributed by atoms with van der Waals surface area (Å²) in [6.45, 7) is 34.4. The Bertz CT molecular complexity index is 1020. The summed E-state index contributed by atoms with van der Waals surface area (Å²) in [4.78, 5) is 0. The number of rotatable bonds is 9. The Labute approximate surface area is 236 Å². The van der Waals surface area contributed by atoms with Crippen molar-refractivity contribution in [1.82, 2.24) is 0 Å². The van der Waals surface area contributed by atoms with E-state index in [1.807, 2.05) is 24.3 Å². The SMILES string of the molecule is CC(C)(C)[Si](C)(C)Oc1ccc(OCc2cc(O[Si](C)(C)C(C)(C)C)cc(O[Si](C)(C)C(C)(C)C)c2)cc1. The van der Waals surface area contributed by atoms with Crippen LogP contribution in [-0.2, 0) is 6.61 Å². The highest BCUT2D eigenvalue weighted by Crippen LogP contribution is 2.41. The third-order valence-corrected chi connectivity index (χ3v) is 21.8. The highest BCUT2D eigenvalue weighted by molar-refractivity contribution is 6.75. The van der Waals surface area contributed by atoms with Crippen LogP contribution in [0.5, 0.6) is 23.0 Å². The first-order valence-electron chi connectivity index (χ1n) is 13.9. The Morgan fingerprint density at radius 2 is 0.789 bits per heavy atom. The van der Waals surface area contributed by atoms with Gasteiger partial charge >= 0.3 is 0 Å². The molecule has 0 aliphatic carbocycles. The summed E-state index contributed by atoms with van der Waals surface area (Å²) >= 11 is 0. The Kier molecular flexibility index (Phi) is 9.45. The van der Waals surface area contributed by atoms with E-state index in [1.165, 1.54) is 0 Å². The molecule has 0 amide bonds. The van der Waals surface area contributed by atoms with Crippen LogP contribution in [0.1, 0.15) is 67.9 Å². The molecule has 0 aliphatic heterocycles. The minimum Gasteiger partial charge on any atom is -0.543 e. The van der Waals surface area contributed by atoms with Gasteiger partial charge in [0.25, 0.3) is 0 Å². The summed E-state index contributed by atoms with van der Waals surface area (Å²) in [7, 11) is -5.89. The molecular weight excluding hydrogens is 521 g/mol. The molecular formula is C31H54O4Si3. The first kappa shape index (κ1) is 32.5. The number of ether oxygens (including phenoxy) is 1. The van der Waals surface area contributed by atoms with Crippen molar-refractivity contribution >= 4 is 25.0 Å². The summed E-state index contributed by atoms with van der Waals surface area (Å²) < 4.78 is 26.0. The average Bonchev–Trinajstić information content (AvgIpc) is 2.69. The van der Waals surface area contributed by atoms with Gasteiger partial charge in [0.15, 0.2) is 0 Å². The summed E-state index contributed by atoms with van der Waals surface area (Å²) in [5.41, 5.74) is 1.04. The van der Waals surface area contributed by atoms with Crippen molar-refractivity contribution in [1.29, 1.82) is 0 Å². The quantitative estimate of drug-likeness (QED) is 0.279. The molecule has 0 bridgehead atoms. The van der Waals surface area contributed by atoms with E-state index in [1.54, 1.807) is 0 Å². The number of hydrogen-bond donors (Lipinski definition) is 0. The fraction of sp³-hybridized carbons (Fsp3) is 0.613. The van der Waals surface area contributed by atoms with E-state index < -0.39 is 25.0 Å². The zero-order valence-electron chi connectivity index (χ0n) is 26.9. The summed E-state index contributed by atoms with van der Waals surface area (Å²) in [6, 6.07) is 14.3. The largest absolute Gasteiger partial charge is 0.543 e. The lowest BCUT2D eigenvalue weighted by atomic mass is 10.2. The van der Waals surface area contributed by atoms with E-state index in [0.29, 0.717) is 6.61 Å². The van der Waals surface area contributed by atoms with E-state index >= 15 is 0 Å². The molecule has 7 heteroatoms. The predicted molar refractivity (Wildman–Crippen MR) is 171 cm³/mol. The van der Waals surface area contributed by atoms with Crippen molar-refractivity contribution in [2.45, 2.75) is 123 Å². The fourth-order valence-electron chi connectivity index (χ4n) is 2.95. The first-order chi connectivity index (χ1) is 16.9. The molecule has 0 fully saturated rings. The molecule has 4 nitrogen and oxygen atoms in total. The monoisotopic (exact) mass is 574 g/mol. The molecule has 0 spiro atoms. The second-order valence-corrected chi connectivity index (χ2v) is 29.3. The molecule has 0 aromatic heterocycles. The van der Waals surface area contributed by atoms with Gasteiger partial charge in [0.05, 0.1) is 0 Å². The van der Waals surface area contributed by atoms with Gasteiger partial charge in [-0.1, -0.05) is 62.3 Å². The summed E-state index contributed by atoms with van der Waals surface area (Å²) in [5.74, 6) is 3.45. The van der Waals surface area contributed by atoms with E-state index in [4.69, 9.17) is 18.0 Å². The van der Waals surface area contributed by atoms with Crippen LogP contribution >= 0.6 is 0 Å². The van der Waals surface area contributed by atoms with E-state index in [0.717, 1.165) is 28.6 Å². The van der Waals surface area contributed by atoms with Crippen LogP contribution in [0.3, 0.4) is 0 Å². The van der Waals surface area contributed by atoms with Crippen LogP contribution in [-0.4, -0.2) is 25.0 Å². The fourth-order valence-corrected chi connectivity index (χ4v) is 6.00. The normalized spacial score (nSPS) is 13.8. The standard InChI is InChI=1S/C31H54O4Si3/c1-29(2,3)36(10,11)33-26-18-16-25(17-19-26)32-23-24-20-27(34-37(12,13)30(4,5)6)22-28(21-24)35-38(14,15)31(7,8)9/h16-22H,23H2,1-15H3. The maximum Gasteiger partial charge on any atom is 0.250 e. The molecule has 0 aliphatic rings.